The van der Waals surface area contributed by atoms with Gasteiger partial charge in [-0.3, -0.25) is 10.7 Å². The van der Waals surface area contributed by atoms with E-state index >= 15 is 0 Å². The number of imidazole rings is 1. The molecule has 1 aliphatic rings. The van der Waals surface area contributed by atoms with Crippen LogP contribution < -0.4 is 15.1 Å². The first-order valence-electron chi connectivity index (χ1n) is 12.2. The minimum absolute atomic E-state index is 0.0415. The van der Waals surface area contributed by atoms with Crippen LogP contribution in [0.2, 0.25) is 0 Å². The van der Waals surface area contributed by atoms with Crippen LogP contribution in [0.25, 0.3) is 22.6 Å². The SMILES string of the molecule is C=C(CCCCCCn1cnc2c(N3CCOCC3)nc(-c3cccc(OCCO)c3)nc21)NO. The molecule has 10 heteroatoms. The molecule has 0 amide bonds. The number of aromatic nitrogens is 4. The Morgan fingerprint density at radius 1 is 1.14 bits per heavy atom. The molecule has 10 nitrogen and oxygen atoms in total. The van der Waals surface area contributed by atoms with Gasteiger partial charge in [-0.1, -0.05) is 31.6 Å². The summed E-state index contributed by atoms with van der Waals surface area (Å²) < 4.78 is 13.2. The molecule has 4 rings (SSSR count). The minimum atomic E-state index is -0.0415. The Bertz CT molecular complexity index is 1110. The van der Waals surface area contributed by atoms with Crippen molar-refractivity contribution in [1.82, 2.24) is 25.0 Å². The second-order valence-corrected chi connectivity index (χ2v) is 8.56. The number of aliphatic hydroxyl groups excluding tert-OH is 1. The van der Waals surface area contributed by atoms with Gasteiger partial charge in [0.25, 0.3) is 0 Å². The Kier molecular flexibility index (Phi) is 8.88. The fourth-order valence-electron chi connectivity index (χ4n) is 4.14. The number of rotatable bonds is 13. The molecule has 188 valence electrons. The number of hydrogen-bond acceptors (Lipinski definition) is 9. The van der Waals surface area contributed by atoms with Crippen LogP contribution in [0.5, 0.6) is 5.75 Å². The van der Waals surface area contributed by atoms with E-state index in [1.807, 2.05) is 30.6 Å². The highest BCUT2D eigenvalue weighted by Gasteiger charge is 2.21. The van der Waals surface area contributed by atoms with Crippen molar-refractivity contribution in [3.8, 4) is 17.1 Å². The predicted octanol–water partition coefficient (Wildman–Crippen LogP) is 3.14. The molecule has 0 radical (unpaired) electrons. The van der Waals surface area contributed by atoms with E-state index in [1.165, 1.54) is 0 Å². The number of aliphatic hydroxyl groups is 1. The summed E-state index contributed by atoms with van der Waals surface area (Å²) >= 11 is 0. The van der Waals surface area contributed by atoms with Crippen molar-refractivity contribution < 1.29 is 19.8 Å². The number of allylic oxidation sites excluding steroid dienone is 1. The van der Waals surface area contributed by atoms with Gasteiger partial charge in [0, 0.05) is 30.9 Å². The van der Waals surface area contributed by atoms with Gasteiger partial charge in [0.2, 0.25) is 0 Å². The lowest BCUT2D eigenvalue weighted by Gasteiger charge is -2.28. The second-order valence-electron chi connectivity index (χ2n) is 8.56. The van der Waals surface area contributed by atoms with Crippen molar-refractivity contribution in [1.29, 1.82) is 0 Å². The quantitative estimate of drug-likeness (QED) is 0.249. The molecule has 3 heterocycles. The third-order valence-corrected chi connectivity index (χ3v) is 5.99. The van der Waals surface area contributed by atoms with Crippen molar-refractivity contribution in [3.05, 3.63) is 42.9 Å². The molecule has 0 bridgehead atoms. The first kappa shape index (κ1) is 24.9. The second kappa shape index (κ2) is 12.5. The predicted molar refractivity (Wildman–Crippen MR) is 134 cm³/mol. The first-order valence-corrected chi connectivity index (χ1v) is 12.2. The van der Waals surface area contributed by atoms with E-state index in [1.54, 1.807) is 0 Å². The maximum Gasteiger partial charge on any atom is 0.166 e. The molecule has 1 aliphatic heterocycles. The van der Waals surface area contributed by atoms with Crippen LogP contribution in [0.1, 0.15) is 32.1 Å². The highest BCUT2D eigenvalue weighted by Crippen LogP contribution is 2.29. The normalized spacial score (nSPS) is 13.8. The van der Waals surface area contributed by atoms with E-state index in [0.717, 1.165) is 74.3 Å². The molecule has 0 atom stereocenters. The Hall–Kier alpha value is -3.21. The van der Waals surface area contributed by atoms with Crippen molar-refractivity contribution in [2.24, 2.45) is 0 Å². The van der Waals surface area contributed by atoms with Gasteiger partial charge < -0.3 is 24.0 Å². The smallest absolute Gasteiger partial charge is 0.166 e. The van der Waals surface area contributed by atoms with E-state index in [4.69, 9.17) is 34.7 Å². The topological polar surface area (TPSA) is 118 Å². The highest BCUT2D eigenvalue weighted by molar-refractivity contribution is 5.86. The van der Waals surface area contributed by atoms with Crippen LogP contribution in [-0.2, 0) is 11.3 Å². The fraction of sp³-hybridized carbons (Fsp3) is 0.480. The number of nitrogens with one attached hydrogen (secondary N) is 1. The van der Waals surface area contributed by atoms with Crippen LogP contribution in [0.4, 0.5) is 5.82 Å². The molecule has 3 aromatic rings. The Balaban J connectivity index is 1.57. The zero-order chi connectivity index (χ0) is 24.5. The summed E-state index contributed by atoms with van der Waals surface area (Å²) in [5.41, 5.74) is 5.23. The van der Waals surface area contributed by atoms with Gasteiger partial charge in [0.05, 0.1) is 26.1 Å². The average molecular weight is 483 g/mol. The Labute approximate surface area is 205 Å². The van der Waals surface area contributed by atoms with Gasteiger partial charge in [-0.05, 0) is 31.4 Å². The summed E-state index contributed by atoms with van der Waals surface area (Å²) in [4.78, 5) is 16.7. The first-order chi connectivity index (χ1) is 17.2. The molecule has 0 aliphatic carbocycles. The van der Waals surface area contributed by atoms with Gasteiger partial charge in [-0.25, -0.2) is 15.0 Å². The number of aryl methyl sites for hydroxylation is 1. The van der Waals surface area contributed by atoms with Gasteiger partial charge in [-0.15, -0.1) is 0 Å². The maximum absolute atomic E-state index is 9.08. The third kappa shape index (κ3) is 6.47. The largest absolute Gasteiger partial charge is 0.491 e. The molecular weight excluding hydrogens is 448 g/mol. The zero-order valence-electron chi connectivity index (χ0n) is 20.0. The van der Waals surface area contributed by atoms with E-state index in [-0.39, 0.29) is 13.2 Å². The van der Waals surface area contributed by atoms with Gasteiger partial charge >= 0.3 is 0 Å². The number of hydroxylamine groups is 1. The van der Waals surface area contributed by atoms with Crippen LogP contribution in [-0.4, -0.2) is 69.3 Å². The molecule has 35 heavy (non-hydrogen) atoms. The number of benzene rings is 1. The van der Waals surface area contributed by atoms with Crippen LogP contribution >= 0.6 is 0 Å². The standard InChI is InChI=1S/C25H34N6O4/c1-19(29-33)7-4-2-3-5-10-31-18-26-22-24(30-11-14-34-15-12-30)27-23(28-25(22)31)20-8-6-9-21(17-20)35-16-13-32/h6,8-9,17-18,29,32-33H,1-5,7,10-16H2. The molecule has 3 N–H and O–H groups in total. The number of ether oxygens (including phenoxy) is 2. The van der Waals surface area contributed by atoms with Crippen LogP contribution in [0.3, 0.4) is 0 Å². The van der Waals surface area contributed by atoms with Crippen molar-refractivity contribution in [3.63, 3.8) is 0 Å². The molecule has 0 unspecified atom stereocenters. The van der Waals surface area contributed by atoms with Crippen molar-refractivity contribution in [2.75, 3.05) is 44.4 Å². The van der Waals surface area contributed by atoms with Gasteiger partial charge in [0.15, 0.2) is 22.8 Å². The van der Waals surface area contributed by atoms with Crippen LogP contribution in [0, 0.1) is 0 Å². The lowest BCUT2D eigenvalue weighted by atomic mass is 10.1. The summed E-state index contributed by atoms with van der Waals surface area (Å²) in [6, 6.07) is 7.63. The Morgan fingerprint density at radius 2 is 1.97 bits per heavy atom. The number of nitrogens with zero attached hydrogens (tertiary/aromatic N) is 5. The number of morpholine rings is 1. The molecule has 1 saturated heterocycles. The van der Waals surface area contributed by atoms with Crippen molar-refractivity contribution in [2.45, 2.75) is 38.6 Å². The lowest BCUT2D eigenvalue weighted by Crippen LogP contribution is -2.37. The highest BCUT2D eigenvalue weighted by atomic mass is 16.5. The summed E-state index contributed by atoms with van der Waals surface area (Å²) in [6.07, 6.45) is 6.74. The van der Waals surface area contributed by atoms with E-state index in [9.17, 15) is 0 Å². The molecular formula is C25H34N6O4. The summed E-state index contributed by atoms with van der Waals surface area (Å²) in [5.74, 6) is 2.11. The average Bonchev–Trinajstić information content (AvgIpc) is 3.32. The number of anilines is 1. The molecule has 0 spiro atoms. The molecule has 2 aromatic heterocycles. The lowest BCUT2D eigenvalue weighted by molar-refractivity contribution is 0.122. The number of fused-ring (bicyclic) bond motifs is 1. The van der Waals surface area contributed by atoms with E-state index in [0.29, 0.717) is 30.5 Å². The third-order valence-electron chi connectivity index (χ3n) is 5.99. The molecule has 1 fully saturated rings. The van der Waals surface area contributed by atoms with E-state index < -0.39 is 0 Å². The maximum atomic E-state index is 9.08. The summed E-state index contributed by atoms with van der Waals surface area (Å²) in [6.45, 7) is 7.58. The minimum Gasteiger partial charge on any atom is -0.491 e. The Morgan fingerprint density at radius 3 is 2.77 bits per heavy atom. The number of hydrogen-bond donors (Lipinski definition) is 3. The number of unbranched alkanes of at least 4 members (excludes halogenated alkanes) is 3. The van der Waals surface area contributed by atoms with E-state index in [2.05, 4.69) is 21.5 Å². The molecule has 0 saturated carbocycles. The monoisotopic (exact) mass is 482 g/mol. The summed E-state index contributed by atoms with van der Waals surface area (Å²) in [5, 5.41) is 17.9. The zero-order valence-corrected chi connectivity index (χ0v) is 20.0. The fourth-order valence-corrected chi connectivity index (χ4v) is 4.14. The van der Waals surface area contributed by atoms with Gasteiger partial charge in [-0.2, -0.15) is 0 Å². The summed E-state index contributed by atoms with van der Waals surface area (Å²) in [7, 11) is 0. The van der Waals surface area contributed by atoms with Crippen LogP contribution in [0.15, 0.2) is 42.9 Å². The van der Waals surface area contributed by atoms with Gasteiger partial charge in [0.1, 0.15) is 12.4 Å². The molecule has 1 aromatic carbocycles. The van der Waals surface area contributed by atoms with Crippen molar-refractivity contribution >= 4 is 17.0 Å².